The first-order chi connectivity index (χ1) is 20.0. The van der Waals surface area contributed by atoms with E-state index in [-0.39, 0.29) is 29.1 Å². The third-order valence-electron chi connectivity index (χ3n) is 7.89. The Morgan fingerprint density at radius 1 is 0.929 bits per heavy atom. The van der Waals surface area contributed by atoms with E-state index in [0.717, 1.165) is 52.2 Å². The van der Waals surface area contributed by atoms with Crippen molar-refractivity contribution in [3.05, 3.63) is 94.0 Å². The summed E-state index contributed by atoms with van der Waals surface area (Å²) in [4.78, 5) is 29.4. The van der Waals surface area contributed by atoms with Gasteiger partial charge in [-0.05, 0) is 75.4 Å². The molecule has 4 rings (SSSR count). The normalized spacial score (nSPS) is 14.4. The number of carbonyl (C=O) groups excluding carboxylic acids is 2. The summed E-state index contributed by atoms with van der Waals surface area (Å²) in [6.07, 6.45) is 4.37. The number of nitrogens with zero attached hydrogens (tertiary/aromatic N) is 2. The van der Waals surface area contributed by atoms with Crippen LogP contribution >= 0.6 is 11.6 Å². The van der Waals surface area contributed by atoms with E-state index in [1.54, 1.807) is 30.3 Å². The first-order valence-electron chi connectivity index (χ1n) is 14.5. The van der Waals surface area contributed by atoms with E-state index in [2.05, 4.69) is 5.32 Å². The molecule has 0 radical (unpaired) electrons. The molecule has 2 amide bonds. The topological polar surface area (TPSA) is 86.8 Å². The van der Waals surface area contributed by atoms with Crippen LogP contribution in [0.15, 0.2) is 71.6 Å². The van der Waals surface area contributed by atoms with Gasteiger partial charge in [-0.15, -0.1) is 0 Å². The zero-order valence-electron chi connectivity index (χ0n) is 24.8. The van der Waals surface area contributed by atoms with Crippen molar-refractivity contribution in [1.82, 2.24) is 10.2 Å². The summed E-state index contributed by atoms with van der Waals surface area (Å²) in [7, 11) is -4.15. The predicted molar refractivity (Wildman–Crippen MR) is 168 cm³/mol. The van der Waals surface area contributed by atoms with E-state index in [1.807, 2.05) is 52.0 Å². The van der Waals surface area contributed by atoms with Crippen molar-refractivity contribution in [2.45, 2.75) is 83.3 Å². The van der Waals surface area contributed by atoms with Gasteiger partial charge in [0.2, 0.25) is 11.8 Å². The molecule has 1 aliphatic carbocycles. The van der Waals surface area contributed by atoms with Gasteiger partial charge in [0.05, 0.1) is 10.6 Å². The fraction of sp³-hybridized carbons (Fsp3) is 0.394. The molecule has 0 heterocycles. The number of nitrogens with one attached hydrogen (secondary N) is 1. The molecular weight excluding hydrogens is 570 g/mol. The lowest BCUT2D eigenvalue weighted by Crippen LogP contribution is -2.53. The molecule has 0 unspecified atom stereocenters. The van der Waals surface area contributed by atoms with E-state index in [0.29, 0.717) is 11.4 Å². The summed E-state index contributed by atoms with van der Waals surface area (Å²) in [5.74, 6) is -0.687. The zero-order chi connectivity index (χ0) is 30.4. The SMILES string of the molecule is CC[C@@H](C(=O)NC1CCCC1)N(Cc1ccc(C)cc1)C(=O)CN(c1ccc(C)c(Cl)c1)S(=O)(=O)c1ccc(C)cc1. The van der Waals surface area contributed by atoms with Gasteiger partial charge in [-0.2, -0.15) is 0 Å². The molecule has 1 atom stereocenters. The highest BCUT2D eigenvalue weighted by molar-refractivity contribution is 7.92. The van der Waals surface area contributed by atoms with E-state index in [4.69, 9.17) is 11.6 Å². The second-order valence-electron chi connectivity index (χ2n) is 11.2. The summed E-state index contributed by atoms with van der Waals surface area (Å²) in [5, 5.41) is 3.53. The molecule has 0 bridgehead atoms. The molecular formula is C33H40ClN3O4S. The quantitative estimate of drug-likeness (QED) is 0.275. The minimum atomic E-state index is -4.15. The molecule has 3 aromatic rings. The number of amides is 2. The van der Waals surface area contributed by atoms with Crippen LogP contribution in [0.5, 0.6) is 0 Å². The molecule has 0 spiro atoms. The van der Waals surface area contributed by atoms with Crippen molar-refractivity contribution in [3.8, 4) is 0 Å². The molecule has 224 valence electrons. The lowest BCUT2D eigenvalue weighted by atomic mass is 10.1. The van der Waals surface area contributed by atoms with Crippen LogP contribution in [-0.2, 0) is 26.2 Å². The van der Waals surface area contributed by atoms with Gasteiger partial charge in [0.25, 0.3) is 10.0 Å². The average molecular weight is 610 g/mol. The Labute approximate surface area is 254 Å². The van der Waals surface area contributed by atoms with Crippen LogP contribution in [0.3, 0.4) is 0 Å². The van der Waals surface area contributed by atoms with Crippen molar-refractivity contribution in [3.63, 3.8) is 0 Å². The Morgan fingerprint density at radius 2 is 1.52 bits per heavy atom. The van der Waals surface area contributed by atoms with Crippen LogP contribution in [0, 0.1) is 20.8 Å². The third-order valence-corrected chi connectivity index (χ3v) is 10.1. The smallest absolute Gasteiger partial charge is 0.264 e. The highest BCUT2D eigenvalue weighted by Crippen LogP contribution is 2.29. The van der Waals surface area contributed by atoms with Crippen LogP contribution in [-0.4, -0.2) is 43.8 Å². The first kappa shape index (κ1) is 31.6. The monoisotopic (exact) mass is 609 g/mol. The lowest BCUT2D eigenvalue weighted by molar-refractivity contribution is -0.140. The number of anilines is 1. The molecule has 0 aromatic heterocycles. The fourth-order valence-electron chi connectivity index (χ4n) is 5.28. The number of rotatable bonds is 11. The van der Waals surface area contributed by atoms with Crippen LogP contribution < -0.4 is 9.62 Å². The number of carbonyl (C=O) groups is 2. The minimum absolute atomic E-state index is 0.0636. The molecule has 1 fully saturated rings. The number of hydrogen-bond acceptors (Lipinski definition) is 4. The number of benzene rings is 3. The Morgan fingerprint density at radius 3 is 2.10 bits per heavy atom. The number of hydrogen-bond donors (Lipinski definition) is 1. The summed E-state index contributed by atoms with van der Waals surface area (Å²) in [6.45, 7) is 7.24. The lowest BCUT2D eigenvalue weighted by Gasteiger charge is -2.34. The molecule has 42 heavy (non-hydrogen) atoms. The van der Waals surface area contributed by atoms with E-state index in [1.165, 1.54) is 17.0 Å². The Hall–Kier alpha value is -3.36. The molecule has 7 nitrogen and oxygen atoms in total. The van der Waals surface area contributed by atoms with Gasteiger partial charge in [-0.1, -0.05) is 85.0 Å². The average Bonchev–Trinajstić information content (AvgIpc) is 3.47. The summed E-state index contributed by atoms with van der Waals surface area (Å²) in [5.41, 5.74) is 3.91. The zero-order valence-corrected chi connectivity index (χ0v) is 26.3. The summed E-state index contributed by atoms with van der Waals surface area (Å²) < 4.78 is 29.2. The van der Waals surface area contributed by atoms with Gasteiger partial charge in [0.1, 0.15) is 12.6 Å². The van der Waals surface area contributed by atoms with E-state index < -0.39 is 28.5 Å². The fourth-order valence-corrected chi connectivity index (χ4v) is 6.86. The summed E-state index contributed by atoms with van der Waals surface area (Å²) in [6, 6.07) is 18.6. The van der Waals surface area contributed by atoms with Crippen molar-refractivity contribution >= 4 is 39.1 Å². The Bertz CT molecular complexity index is 1500. The highest BCUT2D eigenvalue weighted by Gasteiger charge is 2.34. The van der Waals surface area contributed by atoms with Crippen molar-refractivity contribution < 1.29 is 18.0 Å². The van der Waals surface area contributed by atoms with Crippen molar-refractivity contribution in [1.29, 1.82) is 0 Å². The van der Waals surface area contributed by atoms with E-state index >= 15 is 0 Å². The minimum Gasteiger partial charge on any atom is -0.352 e. The number of aryl methyl sites for hydroxylation is 3. The molecule has 1 N–H and O–H groups in total. The van der Waals surface area contributed by atoms with Crippen LogP contribution in [0.2, 0.25) is 5.02 Å². The van der Waals surface area contributed by atoms with Gasteiger partial charge in [0.15, 0.2) is 0 Å². The first-order valence-corrected chi connectivity index (χ1v) is 16.3. The maximum absolute atomic E-state index is 14.2. The second kappa shape index (κ2) is 13.7. The Balaban J connectivity index is 1.73. The molecule has 1 aliphatic rings. The number of halogens is 1. The number of sulfonamides is 1. The third kappa shape index (κ3) is 7.53. The van der Waals surface area contributed by atoms with Crippen molar-refractivity contribution in [2.75, 3.05) is 10.8 Å². The molecule has 0 aliphatic heterocycles. The van der Waals surface area contributed by atoms with Gasteiger partial charge < -0.3 is 10.2 Å². The van der Waals surface area contributed by atoms with Crippen molar-refractivity contribution in [2.24, 2.45) is 0 Å². The molecule has 9 heteroatoms. The van der Waals surface area contributed by atoms with Gasteiger partial charge in [-0.3, -0.25) is 13.9 Å². The Kier molecular flexibility index (Phi) is 10.3. The highest BCUT2D eigenvalue weighted by atomic mass is 35.5. The van der Waals surface area contributed by atoms with Gasteiger partial charge in [-0.25, -0.2) is 8.42 Å². The maximum Gasteiger partial charge on any atom is 0.264 e. The van der Waals surface area contributed by atoms with Crippen LogP contribution in [0.25, 0.3) is 0 Å². The molecule has 1 saturated carbocycles. The van der Waals surface area contributed by atoms with Crippen LogP contribution in [0.1, 0.15) is 61.3 Å². The van der Waals surface area contributed by atoms with Gasteiger partial charge in [0, 0.05) is 17.6 Å². The van der Waals surface area contributed by atoms with Crippen LogP contribution in [0.4, 0.5) is 5.69 Å². The second-order valence-corrected chi connectivity index (χ2v) is 13.4. The standard InChI is InChI=1S/C33H40ClN3O4S/c1-5-31(33(39)35-27-8-6-7-9-27)36(21-26-15-10-23(2)11-16-26)32(38)22-37(28-17-14-25(4)30(34)20-28)42(40,41)29-18-12-24(3)13-19-29/h10-20,27,31H,5-9,21-22H2,1-4H3,(H,35,39)/t31-/m0/s1. The predicted octanol–water partition coefficient (Wildman–Crippen LogP) is 6.33. The summed E-state index contributed by atoms with van der Waals surface area (Å²) >= 11 is 6.42. The molecule has 0 saturated heterocycles. The molecule has 3 aromatic carbocycles. The van der Waals surface area contributed by atoms with Gasteiger partial charge >= 0.3 is 0 Å². The largest absolute Gasteiger partial charge is 0.352 e. The van der Waals surface area contributed by atoms with E-state index in [9.17, 15) is 18.0 Å². The maximum atomic E-state index is 14.2.